The molecule has 2 unspecified atom stereocenters. The van der Waals surface area contributed by atoms with E-state index in [1.165, 1.54) is 0 Å². The van der Waals surface area contributed by atoms with E-state index in [9.17, 15) is 10.2 Å². The van der Waals surface area contributed by atoms with Gasteiger partial charge in [-0.15, -0.1) is 0 Å². The summed E-state index contributed by atoms with van der Waals surface area (Å²) in [7, 11) is 0. The molecule has 0 aliphatic carbocycles. The fraction of sp³-hybridized carbons (Fsp3) is 1.00. The van der Waals surface area contributed by atoms with Gasteiger partial charge in [0.15, 0.2) is 12.6 Å². The molecule has 0 aliphatic rings. The highest BCUT2D eigenvalue weighted by atomic mass is 17.2. The molecule has 0 saturated heterocycles. The highest BCUT2D eigenvalue weighted by molar-refractivity contribution is 4.65. The highest BCUT2D eigenvalue weighted by Crippen LogP contribution is 2.24. The van der Waals surface area contributed by atoms with Gasteiger partial charge in [0.05, 0.1) is 0 Å². The summed E-state index contributed by atoms with van der Waals surface area (Å²) in [6.45, 7) is 10.9. The lowest BCUT2D eigenvalue weighted by atomic mass is 9.96. The van der Waals surface area contributed by atoms with E-state index in [0.717, 1.165) is 0 Å². The molecule has 0 radical (unpaired) electrons. The average molecular weight is 206 g/mol. The first-order valence-corrected chi connectivity index (χ1v) is 4.73. The van der Waals surface area contributed by atoms with Crippen molar-refractivity contribution in [2.24, 2.45) is 10.8 Å². The molecule has 0 aromatic carbocycles. The molecule has 0 saturated carbocycles. The molecule has 0 rings (SSSR count). The van der Waals surface area contributed by atoms with Crippen LogP contribution >= 0.6 is 0 Å². The van der Waals surface area contributed by atoms with Gasteiger partial charge in [-0.2, -0.15) is 0 Å². The standard InChI is InChI=1S/C10H22O4/c1-9(2,3)7(11)13-14-8(12)10(4,5)6/h7-8,11-12H,1-6H3. The lowest BCUT2D eigenvalue weighted by Crippen LogP contribution is -2.35. The van der Waals surface area contributed by atoms with Crippen LogP contribution in [0.2, 0.25) is 0 Å². The van der Waals surface area contributed by atoms with Crippen molar-refractivity contribution >= 4 is 0 Å². The van der Waals surface area contributed by atoms with Gasteiger partial charge in [0.2, 0.25) is 0 Å². The molecule has 14 heavy (non-hydrogen) atoms. The predicted molar refractivity (Wildman–Crippen MR) is 53.1 cm³/mol. The maximum Gasteiger partial charge on any atom is 0.193 e. The quantitative estimate of drug-likeness (QED) is 0.419. The minimum Gasteiger partial charge on any atom is -0.365 e. The second-order valence-corrected chi connectivity index (χ2v) is 5.63. The Hall–Kier alpha value is -0.160. The third-order valence-corrected chi connectivity index (χ3v) is 1.72. The third kappa shape index (κ3) is 4.91. The smallest absolute Gasteiger partial charge is 0.193 e. The zero-order valence-corrected chi connectivity index (χ0v) is 9.87. The zero-order chi connectivity index (χ0) is 11.6. The van der Waals surface area contributed by atoms with Gasteiger partial charge in [-0.1, -0.05) is 41.5 Å². The first-order valence-electron chi connectivity index (χ1n) is 4.73. The number of aliphatic hydroxyl groups excluding tert-OH is 2. The van der Waals surface area contributed by atoms with Crippen LogP contribution in [-0.4, -0.2) is 22.8 Å². The summed E-state index contributed by atoms with van der Waals surface area (Å²) in [5, 5.41) is 18.9. The molecular weight excluding hydrogens is 184 g/mol. The van der Waals surface area contributed by atoms with Crippen LogP contribution in [0.4, 0.5) is 0 Å². The van der Waals surface area contributed by atoms with Gasteiger partial charge in [-0.05, 0) is 0 Å². The highest BCUT2D eigenvalue weighted by Gasteiger charge is 2.28. The molecule has 0 aromatic rings. The van der Waals surface area contributed by atoms with Crippen LogP contribution in [-0.2, 0) is 9.78 Å². The third-order valence-electron chi connectivity index (χ3n) is 1.72. The molecule has 2 N–H and O–H groups in total. The summed E-state index contributed by atoms with van der Waals surface area (Å²) in [5.41, 5.74) is -0.866. The topological polar surface area (TPSA) is 58.9 Å². The largest absolute Gasteiger partial charge is 0.365 e. The molecular formula is C10H22O4. The summed E-state index contributed by atoms with van der Waals surface area (Å²) < 4.78 is 0. The Morgan fingerprint density at radius 2 is 0.929 bits per heavy atom. The Bertz CT molecular complexity index is 146. The maximum absolute atomic E-state index is 9.44. The lowest BCUT2D eigenvalue weighted by molar-refractivity contribution is -0.451. The monoisotopic (exact) mass is 206 g/mol. The Morgan fingerprint density at radius 3 is 1.07 bits per heavy atom. The van der Waals surface area contributed by atoms with Crippen molar-refractivity contribution in [2.45, 2.75) is 54.1 Å². The van der Waals surface area contributed by atoms with E-state index in [-0.39, 0.29) is 0 Å². The SMILES string of the molecule is CC(C)(C)C(O)OOC(O)C(C)(C)C. The van der Waals surface area contributed by atoms with Gasteiger partial charge in [0.1, 0.15) is 0 Å². The van der Waals surface area contributed by atoms with Gasteiger partial charge in [0, 0.05) is 10.8 Å². The summed E-state index contributed by atoms with van der Waals surface area (Å²) in [5.74, 6) is 0. The lowest BCUT2D eigenvalue weighted by Gasteiger charge is -2.29. The van der Waals surface area contributed by atoms with Crippen LogP contribution < -0.4 is 0 Å². The van der Waals surface area contributed by atoms with Crippen molar-refractivity contribution < 1.29 is 20.0 Å². The van der Waals surface area contributed by atoms with Crippen LogP contribution in [0.5, 0.6) is 0 Å². The minimum atomic E-state index is -1.06. The van der Waals surface area contributed by atoms with Gasteiger partial charge < -0.3 is 10.2 Å². The van der Waals surface area contributed by atoms with Crippen LogP contribution in [0.1, 0.15) is 41.5 Å². The fourth-order valence-corrected chi connectivity index (χ4v) is 0.394. The Kier molecular flexibility index (Phi) is 4.52. The number of hydrogen-bond donors (Lipinski definition) is 2. The van der Waals surface area contributed by atoms with E-state index in [4.69, 9.17) is 9.78 Å². The van der Waals surface area contributed by atoms with Gasteiger partial charge in [-0.3, -0.25) is 0 Å². The van der Waals surface area contributed by atoms with Crippen LogP contribution in [0.25, 0.3) is 0 Å². The molecule has 0 heterocycles. The van der Waals surface area contributed by atoms with Crippen LogP contribution in [0, 0.1) is 10.8 Å². The Balaban J connectivity index is 3.96. The minimum absolute atomic E-state index is 0.433. The van der Waals surface area contributed by atoms with Crippen LogP contribution in [0.3, 0.4) is 0 Å². The molecule has 0 bridgehead atoms. The maximum atomic E-state index is 9.44. The summed E-state index contributed by atoms with van der Waals surface area (Å²) >= 11 is 0. The first kappa shape index (κ1) is 13.8. The second-order valence-electron chi connectivity index (χ2n) is 5.63. The summed E-state index contributed by atoms with van der Waals surface area (Å²) in [4.78, 5) is 9.40. The molecule has 0 aliphatic heterocycles. The molecule has 4 heteroatoms. The van der Waals surface area contributed by atoms with Gasteiger partial charge >= 0.3 is 0 Å². The summed E-state index contributed by atoms with van der Waals surface area (Å²) in [6.07, 6.45) is -2.11. The predicted octanol–water partition coefficient (Wildman–Crippen LogP) is 1.66. The van der Waals surface area contributed by atoms with E-state index in [2.05, 4.69) is 0 Å². The van der Waals surface area contributed by atoms with Crippen molar-refractivity contribution in [3.8, 4) is 0 Å². The molecule has 2 atom stereocenters. The van der Waals surface area contributed by atoms with Crippen molar-refractivity contribution in [1.82, 2.24) is 0 Å². The van der Waals surface area contributed by atoms with Crippen LogP contribution in [0.15, 0.2) is 0 Å². The fourth-order valence-electron chi connectivity index (χ4n) is 0.394. The van der Waals surface area contributed by atoms with E-state index >= 15 is 0 Å². The van der Waals surface area contributed by atoms with Crippen molar-refractivity contribution in [3.05, 3.63) is 0 Å². The van der Waals surface area contributed by atoms with E-state index < -0.39 is 23.4 Å². The second kappa shape index (κ2) is 4.57. The molecule has 0 aromatic heterocycles. The van der Waals surface area contributed by atoms with E-state index in [0.29, 0.717) is 0 Å². The molecule has 0 amide bonds. The van der Waals surface area contributed by atoms with Crippen molar-refractivity contribution in [2.75, 3.05) is 0 Å². The number of aliphatic hydroxyl groups is 2. The molecule has 4 nitrogen and oxygen atoms in total. The average Bonchev–Trinajstić information content (AvgIpc) is 1.95. The Morgan fingerprint density at radius 1 is 0.714 bits per heavy atom. The van der Waals surface area contributed by atoms with E-state index in [1.807, 2.05) is 41.5 Å². The zero-order valence-electron chi connectivity index (χ0n) is 9.87. The molecule has 0 spiro atoms. The van der Waals surface area contributed by atoms with Crippen molar-refractivity contribution in [3.63, 3.8) is 0 Å². The van der Waals surface area contributed by atoms with Gasteiger partial charge in [0.25, 0.3) is 0 Å². The molecule has 0 fully saturated rings. The van der Waals surface area contributed by atoms with E-state index in [1.54, 1.807) is 0 Å². The Labute approximate surface area is 85.8 Å². The number of hydrogen-bond acceptors (Lipinski definition) is 4. The van der Waals surface area contributed by atoms with Crippen molar-refractivity contribution in [1.29, 1.82) is 0 Å². The normalized spacial score (nSPS) is 18.0. The number of rotatable bonds is 3. The first-order chi connectivity index (χ1) is 6.05. The summed E-state index contributed by atoms with van der Waals surface area (Å²) in [6, 6.07) is 0. The molecule has 86 valence electrons. The van der Waals surface area contributed by atoms with Gasteiger partial charge in [-0.25, -0.2) is 9.78 Å².